The van der Waals surface area contributed by atoms with Gasteiger partial charge in [-0.2, -0.15) is 0 Å². The normalized spacial score (nSPS) is 10.3. The van der Waals surface area contributed by atoms with Crippen LogP contribution in [0, 0.1) is 0 Å². The molecule has 0 aliphatic carbocycles. The number of rotatable bonds is 8. The number of aromatic nitrogens is 2. The maximum atomic E-state index is 12.3. The number of carbonyl (C=O) groups excluding carboxylic acids is 1. The predicted octanol–water partition coefficient (Wildman–Crippen LogP) is 3.00. The Hall–Kier alpha value is -2.43. The van der Waals surface area contributed by atoms with Crippen molar-refractivity contribution >= 4 is 11.7 Å². The Morgan fingerprint density at radius 2 is 2.00 bits per heavy atom. The average Bonchev–Trinajstić information content (AvgIpc) is 2.60. The number of nitrogens with one attached hydrogen (secondary N) is 1. The van der Waals surface area contributed by atoms with Crippen molar-refractivity contribution in [3.63, 3.8) is 0 Å². The number of carbonyl (C=O) groups is 1. The minimum Gasteiger partial charge on any atom is -0.370 e. The number of anilines is 1. The molecule has 23 heavy (non-hydrogen) atoms. The van der Waals surface area contributed by atoms with E-state index in [0.717, 1.165) is 32.4 Å². The fourth-order valence-electron chi connectivity index (χ4n) is 2.24. The van der Waals surface area contributed by atoms with Crippen LogP contribution in [0.2, 0.25) is 0 Å². The highest BCUT2D eigenvalue weighted by Gasteiger charge is 2.13. The van der Waals surface area contributed by atoms with Crippen LogP contribution in [0.3, 0.4) is 0 Å². The van der Waals surface area contributed by atoms with Gasteiger partial charge in [-0.3, -0.25) is 4.79 Å². The average molecular weight is 312 g/mol. The zero-order chi connectivity index (χ0) is 16.5. The Morgan fingerprint density at radius 1 is 1.22 bits per heavy atom. The molecule has 1 amide bonds. The first-order valence-corrected chi connectivity index (χ1v) is 8.06. The van der Waals surface area contributed by atoms with E-state index in [1.54, 1.807) is 11.0 Å². The summed E-state index contributed by atoms with van der Waals surface area (Å²) >= 11 is 0. The van der Waals surface area contributed by atoms with Crippen molar-refractivity contribution in [1.82, 2.24) is 14.9 Å². The Kier molecular flexibility index (Phi) is 6.54. The highest BCUT2D eigenvalue weighted by molar-refractivity contribution is 5.92. The van der Waals surface area contributed by atoms with E-state index >= 15 is 0 Å². The van der Waals surface area contributed by atoms with Gasteiger partial charge in [0, 0.05) is 26.2 Å². The molecule has 0 atom stereocenters. The van der Waals surface area contributed by atoms with Crippen LogP contribution in [-0.2, 0) is 6.42 Å². The van der Waals surface area contributed by atoms with Gasteiger partial charge in [0.05, 0.1) is 0 Å². The molecule has 0 unspecified atom stereocenters. The summed E-state index contributed by atoms with van der Waals surface area (Å²) in [5.74, 6) is 0.620. The molecule has 0 radical (unpaired) electrons. The number of amides is 1. The van der Waals surface area contributed by atoms with E-state index in [0.29, 0.717) is 11.5 Å². The number of benzene rings is 1. The molecule has 0 aliphatic rings. The molecule has 0 saturated heterocycles. The summed E-state index contributed by atoms with van der Waals surface area (Å²) < 4.78 is 0. The van der Waals surface area contributed by atoms with Crippen molar-refractivity contribution in [3.8, 4) is 0 Å². The molecule has 1 aromatic carbocycles. The van der Waals surface area contributed by atoms with Crippen LogP contribution in [0.25, 0.3) is 0 Å². The molecule has 2 rings (SSSR count). The van der Waals surface area contributed by atoms with Crippen molar-refractivity contribution in [3.05, 3.63) is 54.0 Å². The lowest BCUT2D eigenvalue weighted by molar-refractivity contribution is 0.0787. The third-order valence-electron chi connectivity index (χ3n) is 3.64. The first-order valence-electron chi connectivity index (χ1n) is 8.06. The SMILES string of the molecule is CCCCN(C)C(=O)c1cc(NCCc2ccccc2)ncn1. The third-order valence-corrected chi connectivity index (χ3v) is 3.64. The Labute approximate surface area is 137 Å². The van der Waals surface area contributed by atoms with Crippen LogP contribution in [-0.4, -0.2) is 40.9 Å². The number of unbranched alkanes of at least 4 members (excludes halogenated alkanes) is 1. The van der Waals surface area contributed by atoms with Gasteiger partial charge in [0.15, 0.2) is 0 Å². The van der Waals surface area contributed by atoms with Gasteiger partial charge < -0.3 is 10.2 Å². The molecule has 0 spiro atoms. The monoisotopic (exact) mass is 312 g/mol. The lowest BCUT2D eigenvalue weighted by Gasteiger charge is -2.16. The molecule has 5 nitrogen and oxygen atoms in total. The molecule has 1 N–H and O–H groups in total. The van der Waals surface area contributed by atoms with Gasteiger partial charge in [0.2, 0.25) is 0 Å². The molecule has 1 aromatic heterocycles. The minimum absolute atomic E-state index is 0.0630. The molecule has 2 aromatic rings. The maximum Gasteiger partial charge on any atom is 0.272 e. The zero-order valence-electron chi connectivity index (χ0n) is 13.8. The number of hydrogen-bond acceptors (Lipinski definition) is 4. The summed E-state index contributed by atoms with van der Waals surface area (Å²) in [6.45, 7) is 3.62. The van der Waals surface area contributed by atoms with Crippen molar-refractivity contribution in [2.75, 3.05) is 25.5 Å². The van der Waals surface area contributed by atoms with Crippen LogP contribution in [0.1, 0.15) is 35.8 Å². The molecule has 122 valence electrons. The summed E-state index contributed by atoms with van der Waals surface area (Å²) in [6, 6.07) is 12.0. The van der Waals surface area contributed by atoms with E-state index < -0.39 is 0 Å². The van der Waals surface area contributed by atoms with Crippen LogP contribution in [0.4, 0.5) is 5.82 Å². The predicted molar refractivity (Wildman–Crippen MR) is 92.5 cm³/mol. The van der Waals surface area contributed by atoms with Gasteiger partial charge in [-0.1, -0.05) is 43.7 Å². The summed E-state index contributed by atoms with van der Waals surface area (Å²) in [7, 11) is 1.81. The molecule has 0 fully saturated rings. The minimum atomic E-state index is -0.0630. The first kappa shape index (κ1) is 16.9. The van der Waals surface area contributed by atoms with Crippen LogP contribution >= 0.6 is 0 Å². The summed E-state index contributed by atoms with van der Waals surface area (Å²) in [6.07, 6.45) is 4.40. The Balaban J connectivity index is 1.90. The lowest BCUT2D eigenvalue weighted by atomic mass is 10.1. The van der Waals surface area contributed by atoms with Crippen LogP contribution in [0.15, 0.2) is 42.7 Å². The van der Waals surface area contributed by atoms with Crippen molar-refractivity contribution in [2.45, 2.75) is 26.2 Å². The molecule has 1 heterocycles. The summed E-state index contributed by atoms with van der Waals surface area (Å²) in [4.78, 5) is 22.3. The molecule has 0 saturated carbocycles. The zero-order valence-corrected chi connectivity index (χ0v) is 13.8. The van der Waals surface area contributed by atoms with E-state index in [-0.39, 0.29) is 5.91 Å². The molecule has 0 aliphatic heterocycles. The Bertz CT molecular complexity index is 615. The van der Waals surface area contributed by atoms with Crippen molar-refractivity contribution in [2.24, 2.45) is 0 Å². The van der Waals surface area contributed by atoms with E-state index in [9.17, 15) is 4.79 Å². The second-order valence-corrected chi connectivity index (χ2v) is 5.53. The van der Waals surface area contributed by atoms with E-state index in [1.165, 1.54) is 11.9 Å². The van der Waals surface area contributed by atoms with Crippen molar-refractivity contribution in [1.29, 1.82) is 0 Å². The van der Waals surface area contributed by atoms with E-state index in [1.807, 2.05) is 25.2 Å². The van der Waals surface area contributed by atoms with Gasteiger partial charge in [-0.25, -0.2) is 9.97 Å². The van der Waals surface area contributed by atoms with E-state index in [2.05, 4.69) is 34.3 Å². The van der Waals surface area contributed by atoms with Gasteiger partial charge in [-0.05, 0) is 18.4 Å². The van der Waals surface area contributed by atoms with Gasteiger partial charge >= 0.3 is 0 Å². The molecule has 0 bridgehead atoms. The molecular weight excluding hydrogens is 288 g/mol. The van der Waals surface area contributed by atoms with E-state index in [4.69, 9.17) is 0 Å². The van der Waals surface area contributed by atoms with Crippen LogP contribution in [0.5, 0.6) is 0 Å². The second-order valence-electron chi connectivity index (χ2n) is 5.53. The maximum absolute atomic E-state index is 12.3. The fourth-order valence-corrected chi connectivity index (χ4v) is 2.24. The largest absolute Gasteiger partial charge is 0.370 e. The quantitative estimate of drug-likeness (QED) is 0.814. The van der Waals surface area contributed by atoms with Gasteiger partial charge in [0.1, 0.15) is 17.8 Å². The van der Waals surface area contributed by atoms with Gasteiger partial charge in [-0.15, -0.1) is 0 Å². The van der Waals surface area contributed by atoms with Gasteiger partial charge in [0.25, 0.3) is 5.91 Å². The lowest BCUT2D eigenvalue weighted by Crippen LogP contribution is -2.28. The Morgan fingerprint density at radius 3 is 2.74 bits per heavy atom. The summed E-state index contributed by atoms with van der Waals surface area (Å²) in [5.41, 5.74) is 1.70. The standard InChI is InChI=1S/C18H24N4O/c1-3-4-12-22(2)18(23)16-13-17(21-14-20-16)19-11-10-15-8-6-5-7-9-15/h5-9,13-14H,3-4,10-12H2,1-2H3,(H,19,20,21). The second kappa shape index (κ2) is 8.88. The topological polar surface area (TPSA) is 58.1 Å². The number of nitrogens with zero attached hydrogens (tertiary/aromatic N) is 3. The van der Waals surface area contributed by atoms with Crippen molar-refractivity contribution < 1.29 is 4.79 Å². The molecule has 5 heteroatoms. The molecular formula is C18H24N4O. The number of hydrogen-bond donors (Lipinski definition) is 1. The smallest absolute Gasteiger partial charge is 0.272 e. The first-order chi connectivity index (χ1) is 11.2. The van der Waals surface area contributed by atoms with Crippen LogP contribution < -0.4 is 5.32 Å². The third kappa shape index (κ3) is 5.36. The highest BCUT2D eigenvalue weighted by Crippen LogP contribution is 2.08. The highest BCUT2D eigenvalue weighted by atomic mass is 16.2. The summed E-state index contributed by atoms with van der Waals surface area (Å²) in [5, 5.41) is 3.25. The fraction of sp³-hybridized carbons (Fsp3) is 0.389.